The number of aliphatic carboxylic acids is 1. The van der Waals surface area contributed by atoms with E-state index in [0.29, 0.717) is 6.42 Å². The van der Waals surface area contributed by atoms with Crippen LogP contribution < -0.4 is 0 Å². The molecule has 0 aromatic carbocycles. The molecule has 0 aliphatic carbocycles. The summed E-state index contributed by atoms with van der Waals surface area (Å²) in [4.78, 5) is 10.2. The SMILES string of the molecule is CCCC/C=C(\C(=O)O)C(F)(F)F. The van der Waals surface area contributed by atoms with E-state index in [1.165, 1.54) is 0 Å². The third-order valence-electron chi connectivity index (χ3n) is 1.44. The van der Waals surface area contributed by atoms with Crippen LogP contribution in [-0.2, 0) is 4.79 Å². The molecule has 0 atom stereocenters. The fraction of sp³-hybridized carbons (Fsp3) is 0.625. The van der Waals surface area contributed by atoms with Crippen LogP contribution in [0.25, 0.3) is 0 Å². The molecule has 0 aliphatic heterocycles. The fourth-order valence-corrected chi connectivity index (χ4v) is 0.775. The molecule has 2 nitrogen and oxygen atoms in total. The van der Waals surface area contributed by atoms with Crippen LogP contribution >= 0.6 is 0 Å². The summed E-state index contributed by atoms with van der Waals surface area (Å²) in [5, 5.41) is 8.22. The summed E-state index contributed by atoms with van der Waals surface area (Å²) in [6, 6.07) is 0. The summed E-state index contributed by atoms with van der Waals surface area (Å²) in [5.41, 5.74) is -1.47. The van der Waals surface area contributed by atoms with Gasteiger partial charge in [0.15, 0.2) is 0 Å². The summed E-state index contributed by atoms with van der Waals surface area (Å²) < 4.78 is 35.8. The lowest BCUT2D eigenvalue weighted by Crippen LogP contribution is -2.19. The van der Waals surface area contributed by atoms with Gasteiger partial charge in [0.05, 0.1) is 0 Å². The lowest BCUT2D eigenvalue weighted by Gasteiger charge is -2.06. The van der Waals surface area contributed by atoms with Crippen LogP contribution in [0, 0.1) is 0 Å². The van der Waals surface area contributed by atoms with Gasteiger partial charge in [-0.15, -0.1) is 0 Å². The second-order valence-corrected chi connectivity index (χ2v) is 2.56. The molecule has 0 aromatic rings. The third kappa shape index (κ3) is 4.55. The van der Waals surface area contributed by atoms with Gasteiger partial charge in [0, 0.05) is 0 Å². The van der Waals surface area contributed by atoms with E-state index in [1.54, 1.807) is 0 Å². The monoisotopic (exact) mass is 196 g/mol. The molecule has 0 heterocycles. The third-order valence-corrected chi connectivity index (χ3v) is 1.44. The van der Waals surface area contributed by atoms with Crippen molar-refractivity contribution in [2.75, 3.05) is 0 Å². The van der Waals surface area contributed by atoms with E-state index in [9.17, 15) is 18.0 Å². The molecule has 76 valence electrons. The highest BCUT2D eigenvalue weighted by atomic mass is 19.4. The Bertz CT molecular complexity index is 206. The van der Waals surface area contributed by atoms with Crippen molar-refractivity contribution in [1.29, 1.82) is 0 Å². The number of alkyl halides is 3. The molecule has 0 fully saturated rings. The van der Waals surface area contributed by atoms with Gasteiger partial charge in [0.1, 0.15) is 5.57 Å². The molecule has 0 spiro atoms. The first kappa shape index (κ1) is 12.0. The molecule has 0 amide bonds. The maximum atomic E-state index is 11.9. The minimum atomic E-state index is -4.75. The largest absolute Gasteiger partial charge is 0.478 e. The average molecular weight is 196 g/mol. The standard InChI is InChI=1S/C8H11F3O2/c1-2-3-4-5-6(7(12)13)8(9,10)11/h5H,2-4H2,1H3,(H,12,13)/b6-5+. The minimum Gasteiger partial charge on any atom is -0.478 e. The Labute approximate surface area is 74.1 Å². The highest BCUT2D eigenvalue weighted by molar-refractivity contribution is 5.87. The predicted octanol–water partition coefficient (Wildman–Crippen LogP) is 2.75. The molecular formula is C8H11F3O2. The smallest absolute Gasteiger partial charge is 0.423 e. The highest BCUT2D eigenvalue weighted by Gasteiger charge is 2.38. The van der Waals surface area contributed by atoms with Gasteiger partial charge in [-0.3, -0.25) is 0 Å². The number of allylic oxidation sites excluding steroid dienone is 1. The van der Waals surface area contributed by atoms with Crippen molar-refractivity contribution in [1.82, 2.24) is 0 Å². The normalized spacial score (nSPS) is 13.1. The van der Waals surface area contributed by atoms with E-state index in [1.807, 2.05) is 6.92 Å². The van der Waals surface area contributed by atoms with Gasteiger partial charge in [0.2, 0.25) is 0 Å². The van der Waals surface area contributed by atoms with Crippen molar-refractivity contribution < 1.29 is 23.1 Å². The molecule has 13 heavy (non-hydrogen) atoms. The summed E-state index contributed by atoms with van der Waals surface area (Å²) in [5.74, 6) is -1.91. The Hall–Kier alpha value is -1.00. The Balaban J connectivity index is 4.43. The first-order chi connectivity index (χ1) is 5.89. The van der Waals surface area contributed by atoms with Crippen molar-refractivity contribution in [3.05, 3.63) is 11.6 Å². The molecule has 0 rings (SSSR count). The van der Waals surface area contributed by atoms with Crippen LogP contribution in [0.2, 0.25) is 0 Å². The summed E-state index contributed by atoms with van der Waals surface area (Å²) in [7, 11) is 0. The van der Waals surface area contributed by atoms with Gasteiger partial charge in [-0.2, -0.15) is 13.2 Å². The van der Waals surface area contributed by atoms with Crippen molar-refractivity contribution >= 4 is 5.97 Å². The second kappa shape index (κ2) is 4.89. The number of carboxylic acids is 1. The summed E-state index contributed by atoms with van der Waals surface area (Å²) in [6.07, 6.45) is -2.57. The zero-order valence-corrected chi connectivity index (χ0v) is 7.19. The lowest BCUT2D eigenvalue weighted by molar-refractivity contribution is -0.144. The molecule has 0 radical (unpaired) electrons. The van der Waals surface area contributed by atoms with Crippen molar-refractivity contribution in [2.45, 2.75) is 32.4 Å². The van der Waals surface area contributed by atoms with Crippen LogP contribution in [0.5, 0.6) is 0 Å². The molecule has 5 heteroatoms. The van der Waals surface area contributed by atoms with E-state index in [0.717, 1.165) is 12.5 Å². The van der Waals surface area contributed by atoms with Crippen LogP contribution in [0.4, 0.5) is 13.2 Å². The Morgan fingerprint density at radius 3 is 2.31 bits per heavy atom. The molecule has 0 aliphatic rings. The predicted molar refractivity (Wildman–Crippen MR) is 41.3 cm³/mol. The number of carboxylic acid groups (broad SMARTS) is 1. The molecular weight excluding hydrogens is 185 g/mol. The number of halogens is 3. The molecule has 0 unspecified atom stereocenters. The van der Waals surface area contributed by atoms with Gasteiger partial charge in [0.25, 0.3) is 0 Å². The Kier molecular flexibility index (Phi) is 4.51. The van der Waals surface area contributed by atoms with Crippen LogP contribution in [-0.4, -0.2) is 17.3 Å². The number of hydrogen-bond acceptors (Lipinski definition) is 1. The van der Waals surface area contributed by atoms with E-state index < -0.39 is 17.7 Å². The minimum absolute atomic E-state index is 0.150. The van der Waals surface area contributed by atoms with Gasteiger partial charge < -0.3 is 5.11 Å². The zero-order chi connectivity index (χ0) is 10.5. The summed E-state index contributed by atoms with van der Waals surface area (Å²) in [6.45, 7) is 1.82. The number of unbranched alkanes of at least 4 members (excludes halogenated alkanes) is 2. The first-order valence-corrected chi connectivity index (χ1v) is 3.90. The maximum Gasteiger partial charge on any atom is 0.423 e. The van der Waals surface area contributed by atoms with Crippen molar-refractivity contribution in [3.63, 3.8) is 0 Å². The van der Waals surface area contributed by atoms with Gasteiger partial charge in [-0.25, -0.2) is 4.79 Å². The number of hydrogen-bond donors (Lipinski definition) is 1. The Morgan fingerprint density at radius 1 is 1.46 bits per heavy atom. The fourth-order valence-electron chi connectivity index (χ4n) is 0.775. The topological polar surface area (TPSA) is 37.3 Å². The lowest BCUT2D eigenvalue weighted by atomic mass is 10.1. The van der Waals surface area contributed by atoms with Gasteiger partial charge >= 0.3 is 12.1 Å². The summed E-state index contributed by atoms with van der Waals surface area (Å²) >= 11 is 0. The highest BCUT2D eigenvalue weighted by Crippen LogP contribution is 2.26. The first-order valence-electron chi connectivity index (χ1n) is 3.90. The molecule has 0 bridgehead atoms. The van der Waals surface area contributed by atoms with Crippen molar-refractivity contribution in [3.8, 4) is 0 Å². The molecule has 0 saturated carbocycles. The van der Waals surface area contributed by atoms with Crippen LogP contribution in [0.15, 0.2) is 11.6 Å². The molecule has 0 aromatic heterocycles. The van der Waals surface area contributed by atoms with E-state index in [2.05, 4.69) is 0 Å². The second-order valence-electron chi connectivity index (χ2n) is 2.56. The van der Waals surface area contributed by atoms with Crippen LogP contribution in [0.1, 0.15) is 26.2 Å². The molecule has 1 N–H and O–H groups in total. The van der Waals surface area contributed by atoms with E-state index in [-0.39, 0.29) is 6.42 Å². The number of rotatable bonds is 4. The van der Waals surface area contributed by atoms with Crippen molar-refractivity contribution in [2.24, 2.45) is 0 Å². The number of carbonyl (C=O) groups is 1. The zero-order valence-electron chi connectivity index (χ0n) is 7.19. The van der Waals surface area contributed by atoms with E-state index >= 15 is 0 Å². The quantitative estimate of drug-likeness (QED) is 0.554. The maximum absolute atomic E-state index is 11.9. The van der Waals surface area contributed by atoms with E-state index in [4.69, 9.17) is 5.11 Å². The molecule has 0 saturated heterocycles. The Morgan fingerprint density at radius 2 is 2.00 bits per heavy atom. The van der Waals surface area contributed by atoms with Gasteiger partial charge in [-0.05, 0) is 6.42 Å². The average Bonchev–Trinajstić information content (AvgIpc) is 1.94. The van der Waals surface area contributed by atoms with Gasteiger partial charge in [-0.1, -0.05) is 25.8 Å². The van der Waals surface area contributed by atoms with Crippen LogP contribution in [0.3, 0.4) is 0 Å².